The van der Waals surface area contributed by atoms with Crippen LogP contribution in [-0.4, -0.2) is 44.5 Å². The van der Waals surface area contributed by atoms with Gasteiger partial charge in [-0.15, -0.1) is 24.0 Å². The van der Waals surface area contributed by atoms with E-state index in [2.05, 4.69) is 47.9 Å². The van der Waals surface area contributed by atoms with E-state index in [-0.39, 0.29) is 42.5 Å². The SMILES string of the molecule is COc1ccc(CN=C(NCC(=O)N(C)C)NC(C)c2ccc3ccccc3c2)cc1.I. The number of nitrogens with one attached hydrogen (secondary N) is 2. The number of likely N-dealkylation sites (N-methyl/N-ethyl adjacent to an activating group) is 1. The van der Waals surface area contributed by atoms with Crippen molar-refractivity contribution in [3.8, 4) is 5.75 Å². The molecule has 0 saturated carbocycles. The minimum atomic E-state index is -0.0164. The zero-order valence-corrected chi connectivity index (χ0v) is 21.3. The first-order chi connectivity index (χ1) is 15.0. The number of ether oxygens (including phenoxy) is 1. The number of benzene rings is 3. The maximum absolute atomic E-state index is 12.1. The lowest BCUT2D eigenvalue weighted by molar-refractivity contribution is -0.127. The summed E-state index contributed by atoms with van der Waals surface area (Å²) in [7, 11) is 5.13. The molecule has 3 aromatic rings. The fraction of sp³-hybridized carbons (Fsp3) is 0.280. The standard InChI is InChI=1S/C25H30N4O2.HI/c1-18(21-12-11-20-7-5-6-8-22(20)15-21)28-25(27-17-24(30)29(2)3)26-16-19-9-13-23(31-4)14-10-19;/h5-15,18H,16-17H2,1-4H3,(H2,26,27,28);1H. The molecule has 2 N–H and O–H groups in total. The molecule has 0 bridgehead atoms. The second kappa shape index (κ2) is 12.3. The molecule has 1 atom stereocenters. The lowest BCUT2D eigenvalue weighted by Crippen LogP contribution is -2.43. The van der Waals surface area contributed by atoms with Crippen LogP contribution in [0.5, 0.6) is 5.75 Å². The summed E-state index contributed by atoms with van der Waals surface area (Å²) in [6.07, 6.45) is 0. The highest BCUT2D eigenvalue weighted by Crippen LogP contribution is 2.20. The normalized spacial score (nSPS) is 11.9. The van der Waals surface area contributed by atoms with Gasteiger partial charge >= 0.3 is 0 Å². The largest absolute Gasteiger partial charge is 0.497 e. The Kier molecular flexibility index (Phi) is 9.77. The molecule has 0 radical (unpaired) electrons. The summed E-state index contributed by atoms with van der Waals surface area (Å²) in [5.74, 6) is 1.38. The predicted molar refractivity (Wildman–Crippen MR) is 142 cm³/mol. The molecule has 0 aliphatic rings. The van der Waals surface area contributed by atoms with Crippen molar-refractivity contribution < 1.29 is 9.53 Å². The maximum Gasteiger partial charge on any atom is 0.241 e. The summed E-state index contributed by atoms with van der Waals surface area (Å²) < 4.78 is 5.21. The van der Waals surface area contributed by atoms with Crippen LogP contribution in [0.4, 0.5) is 0 Å². The van der Waals surface area contributed by atoms with Crippen LogP contribution in [0.25, 0.3) is 10.8 Å². The Labute approximate surface area is 207 Å². The zero-order valence-electron chi connectivity index (χ0n) is 19.0. The van der Waals surface area contributed by atoms with Crippen molar-refractivity contribution in [3.63, 3.8) is 0 Å². The Morgan fingerprint density at radius 3 is 2.38 bits per heavy atom. The van der Waals surface area contributed by atoms with Crippen LogP contribution in [0.15, 0.2) is 71.7 Å². The summed E-state index contributed by atoms with van der Waals surface area (Å²) in [6.45, 7) is 2.74. The van der Waals surface area contributed by atoms with Gasteiger partial charge in [0.1, 0.15) is 5.75 Å². The van der Waals surface area contributed by atoms with Crippen molar-refractivity contribution in [2.24, 2.45) is 4.99 Å². The van der Waals surface area contributed by atoms with Crippen LogP contribution in [0.2, 0.25) is 0 Å². The van der Waals surface area contributed by atoms with Gasteiger partial charge in [0, 0.05) is 14.1 Å². The van der Waals surface area contributed by atoms with Gasteiger partial charge in [0.05, 0.1) is 26.2 Å². The molecule has 0 saturated heterocycles. The van der Waals surface area contributed by atoms with Crippen molar-refractivity contribution in [2.45, 2.75) is 19.5 Å². The Morgan fingerprint density at radius 1 is 1.03 bits per heavy atom. The second-order valence-corrected chi connectivity index (χ2v) is 7.63. The fourth-order valence-electron chi connectivity index (χ4n) is 3.14. The van der Waals surface area contributed by atoms with Gasteiger partial charge in [0.25, 0.3) is 0 Å². The molecular weight excluding hydrogens is 515 g/mol. The minimum absolute atomic E-state index is 0. The van der Waals surface area contributed by atoms with Crippen LogP contribution in [-0.2, 0) is 11.3 Å². The molecule has 0 aliphatic carbocycles. The van der Waals surface area contributed by atoms with Gasteiger partial charge in [-0.05, 0) is 47.0 Å². The molecule has 6 nitrogen and oxygen atoms in total. The summed E-state index contributed by atoms with van der Waals surface area (Å²) in [6, 6.07) is 22.5. The number of carbonyl (C=O) groups is 1. The number of methoxy groups -OCH3 is 1. The van der Waals surface area contributed by atoms with Crippen LogP contribution < -0.4 is 15.4 Å². The molecule has 3 rings (SSSR count). The monoisotopic (exact) mass is 546 g/mol. The highest BCUT2D eigenvalue weighted by Gasteiger charge is 2.11. The maximum atomic E-state index is 12.1. The number of hydrogen-bond donors (Lipinski definition) is 2. The van der Waals surface area contributed by atoms with E-state index < -0.39 is 0 Å². The van der Waals surface area contributed by atoms with E-state index in [0.29, 0.717) is 12.5 Å². The van der Waals surface area contributed by atoms with E-state index in [9.17, 15) is 4.79 Å². The highest BCUT2D eigenvalue weighted by atomic mass is 127. The Hall–Kier alpha value is -2.81. The third-order valence-electron chi connectivity index (χ3n) is 5.11. The first-order valence-electron chi connectivity index (χ1n) is 10.3. The Morgan fingerprint density at radius 2 is 1.72 bits per heavy atom. The molecule has 0 heterocycles. The Bertz CT molecular complexity index is 1050. The predicted octanol–water partition coefficient (Wildman–Crippen LogP) is 4.35. The summed E-state index contributed by atoms with van der Waals surface area (Å²) >= 11 is 0. The number of nitrogens with zero attached hydrogens (tertiary/aromatic N) is 2. The number of halogens is 1. The Balaban J connectivity index is 0.00000363. The lowest BCUT2D eigenvalue weighted by Gasteiger charge is -2.20. The minimum Gasteiger partial charge on any atom is -0.497 e. The first kappa shape index (κ1) is 25.5. The number of aliphatic imine (C=N–C) groups is 1. The summed E-state index contributed by atoms with van der Waals surface area (Å²) in [5, 5.41) is 8.99. The quantitative estimate of drug-likeness (QED) is 0.263. The molecule has 0 spiro atoms. The van der Waals surface area contributed by atoms with Crippen molar-refractivity contribution >= 4 is 46.6 Å². The molecule has 7 heteroatoms. The van der Waals surface area contributed by atoms with Gasteiger partial charge in [-0.3, -0.25) is 4.79 Å². The summed E-state index contributed by atoms with van der Waals surface area (Å²) in [4.78, 5) is 18.3. The van der Waals surface area contributed by atoms with Gasteiger partial charge in [-0.1, -0.05) is 48.5 Å². The molecule has 1 unspecified atom stereocenters. The fourth-order valence-corrected chi connectivity index (χ4v) is 3.14. The van der Waals surface area contributed by atoms with Crippen molar-refractivity contribution in [3.05, 3.63) is 77.9 Å². The topological polar surface area (TPSA) is 66.0 Å². The van der Waals surface area contributed by atoms with Gasteiger partial charge in [0.15, 0.2) is 5.96 Å². The number of hydrogen-bond acceptors (Lipinski definition) is 3. The van der Waals surface area contributed by atoms with Crippen molar-refractivity contribution in [1.29, 1.82) is 0 Å². The van der Waals surface area contributed by atoms with E-state index in [0.717, 1.165) is 16.9 Å². The van der Waals surface area contributed by atoms with Gasteiger partial charge in [-0.2, -0.15) is 0 Å². The smallest absolute Gasteiger partial charge is 0.241 e. The number of carbonyl (C=O) groups excluding carboxylic acids is 1. The second-order valence-electron chi connectivity index (χ2n) is 7.63. The summed E-state index contributed by atoms with van der Waals surface area (Å²) in [5.41, 5.74) is 2.20. The van der Waals surface area contributed by atoms with Gasteiger partial charge in [-0.25, -0.2) is 4.99 Å². The van der Waals surface area contributed by atoms with Crippen molar-refractivity contribution in [2.75, 3.05) is 27.7 Å². The van der Waals surface area contributed by atoms with E-state index in [1.54, 1.807) is 26.1 Å². The molecule has 0 aliphatic heterocycles. The van der Waals surface area contributed by atoms with E-state index in [4.69, 9.17) is 9.73 Å². The van der Waals surface area contributed by atoms with E-state index in [1.165, 1.54) is 10.8 Å². The average molecular weight is 546 g/mol. The highest BCUT2D eigenvalue weighted by molar-refractivity contribution is 14.0. The van der Waals surface area contributed by atoms with Gasteiger partial charge < -0.3 is 20.3 Å². The number of guanidine groups is 1. The molecular formula is C25H31IN4O2. The third-order valence-corrected chi connectivity index (χ3v) is 5.11. The molecule has 32 heavy (non-hydrogen) atoms. The zero-order chi connectivity index (χ0) is 22.2. The van der Waals surface area contributed by atoms with Crippen LogP contribution in [0.1, 0.15) is 24.1 Å². The van der Waals surface area contributed by atoms with E-state index in [1.807, 2.05) is 36.4 Å². The van der Waals surface area contributed by atoms with Crippen LogP contribution >= 0.6 is 24.0 Å². The number of amides is 1. The lowest BCUT2D eigenvalue weighted by atomic mass is 10.0. The first-order valence-corrected chi connectivity index (χ1v) is 10.3. The van der Waals surface area contributed by atoms with Crippen LogP contribution in [0, 0.1) is 0 Å². The molecule has 3 aromatic carbocycles. The molecule has 1 amide bonds. The van der Waals surface area contributed by atoms with Gasteiger partial charge in [0.2, 0.25) is 5.91 Å². The number of fused-ring (bicyclic) bond motifs is 1. The third kappa shape index (κ3) is 7.12. The van der Waals surface area contributed by atoms with Crippen molar-refractivity contribution in [1.82, 2.24) is 15.5 Å². The molecule has 0 fully saturated rings. The average Bonchev–Trinajstić information content (AvgIpc) is 2.80. The molecule has 0 aromatic heterocycles. The number of rotatable bonds is 7. The van der Waals surface area contributed by atoms with Crippen LogP contribution in [0.3, 0.4) is 0 Å². The van der Waals surface area contributed by atoms with E-state index >= 15 is 0 Å². The molecule has 170 valence electrons.